The van der Waals surface area contributed by atoms with E-state index >= 15 is 0 Å². The monoisotopic (exact) mass is 431 g/mol. The van der Waals surface area contributed by atoms with E-state index in [0.717, 1.165) is 11.8 Å². The number of hydrogen-bond acceptors (Lipinski definition) is 7. The number of benzene rings is 2. The Bertz CT molecular complexity index is 1050. The third-order valence-corrected chi connectivity index (χ3v) is 5.31. The van der Waals surface area contributed by atoms with Crippen molar-refractivity contribution < 1.29 is 24.5 Å². The number of para-hydroxylation sites is 1. The molecule has 0 spiro atoms. The molecule has 0 saturated heterocycles. The molecule has 0 saturated carbocycles. The number of esters is 1. The first-order valence-corrected chi connectivity index (χ1v) is 9.85. The van der Waals surface area contributed by atoms with Gasteiger partial charge in [0.15, 0.2) is 0 Å². The number of carbonyl (C=O) groups excluding carboxylic acids is 1. The van der Waals surface area contributed by atoms with E-state index in [1.54, 1.807) is 49.4 Å². The summed E-state index contributed by atoms with van der Waals surface area (Å²) in [4.78, 5) is 17.2. The van der Waals surface area contributed by atoms with Gasteiger partial charge in [-0.1, -0.05) is 35.5 Å². The zero-order valence-electron chi connectivity index (χ0n) is 15.7. The van der Waals surface area contributed by atoms with Crippen molar-refractivity contribution in [1.29, 1.82) is 0 Å². The Kier molecular flexibility index (Phi) is 6.51. The first kappa shape index (κ1) is 20.8. The molecule has 3 rings (SSSR count). The predicted octanol–water partition coefficient (Wildman–Crippen LogP) is 5.25. The van der Waals surface area contributed by atoms with Gasteiger partial charge >= 0.3 is 5.97 Å². The van der Waals surface area contributed by atoms with Crippen LogP contribution in [0.2, 0.25) is 5.02 Å². The second-order valence-electron chi connectivity index (χ2n) is 5.85. The third-order valence-electron chi connectivity index (χ3n) is 3.97. The maximum atomic E-state index is 12.4. The molecule has 8 heteroatoms. The van der Waals surface area contributed by atoms with Gasteiger partial charge in [0.05, 0.1) is 29.3 Å². The second kappa shape index (κ2) is 9.07. The van der Waals surface area contributed by atoms with Gasteiger partial charge < -0.3 is 19.7 Å². The van der Waals surface area contributed by atoms with Crippen molar-refractivity contribution in [1.82, 2.24) is 0 Å². The number of phenolic OH excluding ortho intramolecular Hbond substituents is 1. The Morgan fingerprint density at radius 2 is 2.00 bits per heavy atom. The van der Waals surface area contributed by atoms with Crippen LogP contribution in [0.3, 0.4) is 0 Å². The molecule has 2 N–H and O–H groups in total. The van der Waals surface area contributed by atoms with Crippen molar-refractivity contribution in [2.45, 2.75) is 6.92 Å². The van der Waals surface area contributed by atoms with E-state index in [4.69, 9.17) is 21.1 Å². The van der Waals surface area contributed by atoms with Crippen molar-refractivity contribution in [2.75, 3.05) is 13.7 Å². The summed E-state index contributed by atoms with van der Waals surface area (Å²) in [5, 5.41) is 21.5. The summed E-state index contributed by atoms with van der Waals surface area (Å²) in [5.74, 6) is -0.490. The first-order chi connectivity index (χ1) is 13.9. The number of nitrogens with zero attached hydrogens (tertiary/aromatic N) is 1. The molecular formula is C21H18ClNO5S. The summed E-state index contributed by atoms with van der Waals surface area (Å²) in [6, 6.07) is 11.7. The highest BCUT2D eigenvalue weighted by Gasteiger charge is 2.33. The van der Waals surface area contributed by atoms with Crippen molar-refractivity contribution in [3.63, 3.8) is 0 Å². The summed E-state index contributed by atoms with van der Waals surface area (Å²) in [6.45, 7) is 1.83. The molecule has 0 atom stereocenters. The molecule has 0 fully saturated rings. The molecule has 1 heterocycles. The molecule has 0 bridgehead atoms. The molecule has 1 aliphatic rings. The molecule has 0 aliphatic carbocycles. The molecule has 2 aromatic carbocycles. The highest BCUT2D eigenvalue weighted by molar-refractivity contribution is 8.18. The lowest BCUT2D eigenvalue weighted by Gasteiger charge is -2.04. The smallest absolute Gasteiger partial charge is 0.344 e. The number of hydrogen-bond donors (Lipinski definition) is 2. The molecule has 150 valence electrons. The fraction of sp³-hybridized carbons (Fsp3) is 0.143. The van der Waals surface area contributed by atoms with Gasteiger partial charge in [0.2, 0.25) is 0 Å². The molecule has 2 aromatic rings. The van der Waals surface area contributed by atoms with E-state index in [0.29, 0.717) is 26.9 Å². The maximum absolute atomic E-state index is 12.4. The molecule has 0 radical (unpaired) electrons. The zero-order valence-corrected chi connectivity index (χ0v) is 17.3. The van der Waals surface area contributed by atoms with E-state index in [1.807, 2.05) is 0 Å². The number of aliphatic imine (C=N–C) groups is 1. The van der Waals surface area contributed by atoms with Crippen molar-refractivity contribution in [3.8, 4) is 11.5 Å². The van der Waals surface area contributed by atoms with Crippen LogP contribution in [-0.2, 0) is 9.53 Å². The van der Waals surface area contributed by atoms with Gasteiger partial charge in [-0.2, -0.15) is 0 Å². The number of ether oxygens (including phenoxy) is 2. The summed E-state index contributed by atoms with van der Waals surface area (Å²) >= 11 is 7.26. The number of methoxy groups -OCH3 is 1. The lowest BCUT2D eigenvalue weighted by Crippen LogP contribution is -2.12. The molecule has 29 heavy (non-hydrogen) atoms. The van der Waals surface area contributed by atoms with Crippen LogP contribution in [0.15, 0.2) is 63.7 Å². The van der Waals surface area contributed by atoms with Gasteiger partial charge in [0.1, 0.15) is 27.9 Å². The zero-order chi connectivity index (χ0) is 21.0. The van der Waals surface area contributed by atoms with Crippen LogP contribution in [-0.4, -0.2) is 34.9 Å². The maximum Gasteiger partial charge on any atom is 0.344 e. The van der Waals surface area contributed by atoms with Gasteiger partial charge in [0, 0.05) is 11.6 Å². The van der Waals surface area contributed by atoms with Gasteiger partial charge in [-0.25, -0.2) is 9.79 Å². The largest absolute Gasteiger partial charge is 0.507 e. The topological polar surface area (TPSA) is 88.4 Å². The molecule has 0 aromatic heterocycles. The summed E-state index contributed by atoms with van der Waals surface area (Å²) in [7, 11) is 1.50. The molecule has 6 nitrogen and oxygen atoms in total. The second-order valence-corrected chi connectivity index (χ2v) is 7.29. The van der Waals surface area contributed by atoms with Crippen LogP contribution in [0.5, 0.6) is 11.5 Å². The summed E-state index contributed by atoms with van der Waals surface area (Å²) in [5.41, 5.74) is 0.859. The highest BCUT2D eigenvalue weighted by atomic mass is 35.5. The van der Waals surface area contributed by atoms with Crippen LogP contribution < -0.4 is 4.74 Å². The number of rotatable bonds is 5. The third kappa shape index (κ3) is 4.58. The molecule has 1 aliphatic heterocycles. The minimum Gasteiger partial charge on any atom is -0.507 e. The Morgan fingerprint density at radius 3 is 2.66 bits per heavy atom. The van der Waals surface area contributed by atoms with E-state index in [2.05, 4.69) is 4.99 Å². The Hall–Kier alpha value is -2.90. The van der Waals surface area contributed by atoms with Crippen LogP contribution in [0, 0.1) is 0 Å². The van der Waals surface area contributed by atoms with E-state index < -0.39 is 5.97 Å². The predicted molar refractivity (Wildman–Crippen MR) is 115 cm³/mol. The minimum atomic E-state index is -0.689. The average Bonchev–Trinajstić information content (AvgIpc) is 3.00. The number of aliphatic hydroxyl groups is 1. The van der Waals surface area contributed by atoms with Gasteiger partial charge in [-0.05, 0) is 37.3 Å². The number of phenols is 1. The molecular weight excluding hydrogens is 414 g/mol. The number of aromatic hydroxyl groups is 1. The number of halogens is 1. The van der Waals surface area contributed by atoms with Crippen LogP contribution >= 0.6 is 23.4 Å². The van der Waals surface area contributed by atoms with Crippen LogP contribution in [0.25, 0.3) is 6.08 Å². The quantitative estimate of drug-likeness (QED) is 0.629. The molecule has 0 amide bonds. The number of thioether (sulfide) groups is 1. The first-order valence-electron chi connectivity index (χ1n) is 8.65. The van der Waals surface area contributed by atoms with Crippen LogP contribution in [0.1, 0.15) is 12.5 Å². The minimum absolute atomic E-state index is 0.0283. The van der Waals surface area contributed by atoms with Crippen molar-refractivity contribution >= 4 is 46.1 Å². The fourth-order valence-electron chi connectivity index (χ4n) is 2.56. The molecule has 0 unspecified atom stereocenters. The van der Waals surface area contributed by atoms with E-state index in [1.165, 1.54) is 13.2 Å². The average molecular weight is 432 g/mol. The highest BCUT2D eigenvalue weighted by Crippen LogP contribution is 2.42. The van der Waals surface area contributed by atoms with Gasteiger partial charge in [-0.3, -0.25) is 0 Å². The van der Waals surface area contributed by atoms with E-state index in [-0.39, 0.29) is 28.7 Å². The van der Waals surface area contributed by atoms with Crippen molar-refractivity contribution in [2.24, 2.45) is 4.99 Å². The Labute approximate surface area is 177 Å². The van der Waals surface area contributed by atoms with Crippen LogP contribution in [0.4, 0.5) is 5.69 Å². The van der Waals surface area contributed by atoms with E-state index in [9.17, 15) is 15.0 Å². The number of carbonyl (C=O) groups is 1. The summed E-state index contributed by atoms with van der Waals surface area (Å²) in [6.07, 6.45) is 1.56. The van der Waals surface area contributed by atoms with Crippen molar-refractivity contribution in [3.05, 3.63) is 69.3 Å². The van der Waals surface area contributed by atoms with Gasteiger partial charge in [-0.15, -0.1) is 0 Å². The number of aliphatic hydroxyl groups excluding tert-OH is 1. The van der Waals surface area contributed by atoms with Gasteiger partial charge in [0.25, 0.3) is 0 Å². The summed E-state index contributed by atoms with van der Waals surface area (Å²) < 4.78 is 10.1. The standard InChI is InChI=1S/C21H18ClNO5S/c1-3-28-21(26)18-19(25)17(10-12-8-9-13(27-2)11-16(12)24)29-20(18)23-15-7-5-4-6-14(15)22/h4-11,24-25H,3H2,1-2H3. The normalized spacial score (nSPS) is 16.5. The Morgan fingerprint density at radius 1 is 1.24 bits per heavy atom. The SMILES string of the molecule is CCOC(=O)C1=C(O)C(=Cc2ccc(OC)cc2O)SC1=Nc1ccccc1Cl. The fourth-order valence-corrected chi connectivity index (χ4v) is 3.75. The Balaban J connectivity index is 2.07. The lowest BCUT2D eigenvalue weighted by atomic mass is 10.1. The lowest BCUT2D eigenvalue weighted by molar-refractivity contribution is -0.138.